The van der Waals surface area contributed by atoms with Gasteiger partial charge < -0.3 is 43.4 Å². The highest BCUT2D eigenvalue weighted by Gasteiger charge is 2.68. The molecule has 1 aromatic carbocycles. The minimum Gasteiger partial charge on any atom is -0.382 e. The van der Waals surface area contributed by atoms with E-state index < -0.39 is 35.3 Å². The highest BCUT2D eigenvalue weighted by molar-refractivity contribution is 5.74. The van der Waals surface area contributed by atoms with Gasteiger partial charge in [-0.05, 0) is 125 Å². The zero-order valence-electron chi connectivity index (χ0n) is 32.0. The highest BCUT2D eigenvalue weighted by Crippen LogP contribution is 2.70. The second-order valence-electron chi connectivity index (χ2n) is 16.4. The standard InChI is InChI=1S/C41H63FO9/c1-8-46-24-39(43)27(4)50-36(40(44,25-47-9-2)35(39)45-7)51-31-17-20-37(5)29(23-31)13-16-34-33(37)18-21-38(6)32(28-11-14-30(42)15-12-28)19-22-41(34,38)49-26-48-10-3/h11-12,14-15,19,27,29,31,33-36,43-44H,8-10,13,16-18,20-26H2,1-7H3/t27-,29+,31-,33-,34+,35+,36-,37-,38+,39-,40-,41-/m0/s1. The molecule has 2 N–H and O–H groups in total. The Kier molecular flexibility index (Phi) is 11.8. The molecule has 0 spiro atoms. The largest absolute Gasteiger partial charge is 0.382 e. The van der Waals surface area contributed by atoms with Gasteiger partial charge in [-0.1, -0.05) is 32.1 Å². The Morgan fingerprint density at radius 1 is 0.863 bits per heavy atom. The number of benzene rings is 1. The lowest BCUT2D eigenvalue weighted by molar-refractivity contribution is -0.386. The molecule has 0 bridgehead atoms. The lowest BCUT2D eigenvalue weighted by Crippen LogP contribution is -2.75. The SMILES string of the molecule is CCOCO[C@]12CC=C(c3ccc(F)cc3)[C@@]1(C)CC[C@H]1[C@H]2CC[C@@H]2C[C@@H](O[C@@H]3O[C@@H](C)[C@@](O)(COCC)[C@@H](OC)[C@@]3(O)COCC)CC[C@@]21C. The number of halogens is 1. The van der Waals surface area contributed by atoms with Gasteiger partial charge in [-0.3, -0.25) is 0 Å². The third-order valence-corrected chi connectivity index (χ3v) is 14.1. The first-order valence-electron chi connectivity index (χ1n) is 19.5. The van der Waals surface area contributed by atoms with Crippen LogP contribution < -0.4 is 0 Å². The van der Waals surface area contributed by atoms with Crippen LogP contribution in [0.15, 0.2) is 30.3 Å². The third kappa shape index (κ3) is 6.56. The minimum absolute atomic E-state index is 0.0491. The smallest absolute Gasteiger partial charge is 0.192 e. The summed E-state index contributed by atoms with van der Waals surface area (Å²) in [6, 6.07) is 6.95. The van der Waals surface area contributed by atoms with Crippen molar-refractivity contribution in [2.24, 2.45) is 28.6 Å². The molecule has 3 saturated carbocycles. The Balaban J connectivity index is 1.22. The maximum Gasteiger partial charge on any atom is 0.192 e. The van der Waals surface area contributed by atoms with E-state index >= 15 is 0 Å². The van der Waals surface area contributed by atoms with Gasteiger partial charge in [0.15, 0.2) is 11.9 Å². The average Bonchev–Trinajstić information content (AvgIpc) is 3.42. The average molecular weight is 719 g/mol. The summed E-state index contributed by atoms with van der Waals surface area (Å²) in [5.41, 5.74) is -1.52. The van der Waals surface area contributed by atoms with Gasteiger partial charge in [0.05, 0.1) is 31.0 Å². The fourth-order valence-corrected chi connectivity index (χ4v) is 11.3. The summed E-state index contributed by atoms with van der Waals surface area (Å²) >= 11 is 0. The van der Waals surface area contributed by atoms with Gasteiger partial charge in [-0.2, -0.15) is 0 Å². The third-order valence-electron chi connectivity index (χ3n) is 14.1. The molecular weight excluding hydrogens is 655 g/mol. The van der Waals surface area contributed by atoms with Crippen molar-refractivity contribution in [3.8, 4) is 0 Å². The van der Waals surface area contributed by atoms with Gasteiger partial charge in [0.25, 0.3) is 0 Å². The van der Waals surface area contributed by atoms with Gasteiger partial charge in [0.1, 0.15) is 24.3 Å². The predicted octanol–water partition coefficient (Wildman–Crippen LogP) is 6.68. The monoisotopic (exact) mass is 718 g/mol. The van der Waals surface area contributed by atoms with Gasteiger partial charge >= 0.3 is 0 Å². The molecule has 51 heavy (non-hydrogen) atoms. The van der Waals surface area contributed by atoms with Crippen LogP contribution in [0.2, 0.25) is 0 Å². The van der Waals surface area contributed by atoms with E-state index in [1.54, 1.807) is 19.1 Å². The van der Waals surface area contributed by atoms with E-state index in [0.29, 0.717) is 37.6 Å². The van der Waals surface area contributed by atoms with Crippen molar-refractivity contribution >= 4 is 5.57 Å². The van der Waals surface area contributed by atoms with E-state index in [4.69, 9.17) is 33.2 Å². The summed E-state index contributed by atoms with van der Waals surface area (Å²) in [5, 5.41) is 24.0. The predicted molar refractivity (Wildman–Crippen MR) is 191 cm³/mol. The van der Waals surface area contributed by atoms with Crippen LogP contribution >= 0.6 is 0 Å². The minimum atomic E-state index is -1.75. The first-order chi connectivity index (χ1) is 24.4. The number of hydrogen-bond donors (Lipinski definition) is 2. The molecule has 4 fully saturated rings. The fourth-order valence-electron chi connectivity index (χ4n) is 11.3. The summed E-state index contributed by atoms with van der Waals surface area (Å²) in [6.07, 6.45) is 7.13. The first-order valence-corrected chi connectivity index (χ1v) is 19.5. The van der Waals surface area contributed by atoms with Crippen molar-refractivity contribution < 1.29 is 47.8 Å². The van der Waals surface area contributed by atoms with Gasteiger partial charge in [0, 0.05) is 32.3 Å². The summed E-state index contributed by atoms with van der Waals surface area (Å²) in [6.45, 7) is 13.9. The normalized spacial score (nSPS) is 43.6. The van der Waals surface area contributed by atoms with Crippen molar-refractivity contribution in [2.45, 2.75) is 134 Å². The Morgan fingerprint density at radius 2 is 1.55 bits per heavy atom. The molecule has 0 amide bonds. The maximum atomic E-state index is 14.0. The fraction of sp³-hybridized carbons (Fsp3) is 0.805. The van der Waals surface area contributed by atoms with Crippen molar-refractivity contribution in [3.63, 3.8) is 0 Å². The lowest BCUT2D eigenvalue weighted by Gasteiger charge is -2.64. The Bertz CT molecular complexity index is 1360. The van der Waals surface area contributed by atoms with E-state index in [-0.39, 0.29) is 42.8 Å². The summed E-state index contributed by atoms with van der Waals surface area (Å²) < 4.78 is 57.1. The number of fused-ring (bicyclic) bond motifs is 5. The number of aliphatic hydroxyl groups is 2. The van der Waals surface area contributed by atoms with Crippen LogP contribution in [0, 0.1) is 34.4 Å². The molecule has 6 rings (SSSR count). The van der Waals surface area contributed by atoms with E-state index in [0.717, 1.165) is 56.9 Å². The lowest BCUT2D eigenvalue weighted by atomic mass is 9.43. The molecule has 0 unspecified atom stereocenters. The summed E-state index contributed by atoms with van der Waals surface area (Å²) in [7, 11) is 1.49. The zero-order chi connectivity index (χ0) is 36.7. The van der Waals surface area contributed by atoms with Gasteiger partial charge in [0.2, 0.25) is 0 Å². The molecule has 4 aliphatic carbocycles. The number of hydrogen-bond acceptors (Lipinski definition) is 9. The van der Waals surface area contributed by atoms with Crippen molar-refractivity contribution in [2.75, 3.05) is 46.9 Å². The van der Waals surface area contributed by atoms with E-state index in [2.05, 4.69) is 19.9 Å². The van der Waals surface area contributed by atoms with Crippen LogP contribution in [0.3, 0.4) is 0 Å². The van der Waals surface area contributed by atoms with E-state index in [9.17, 15) is 14.6 Å². The van der Waals surface area contributed by atoms with Crippen molar-refractivity contribution in [1.29, 1.82) is 0 Å². The molecule has 5 aliphatic rings. The summed E-state index contributed by atoms with van der Waals surface area (Å²) in [4.78, 5) is 0. The van der Waals surface area contributed by atoms with E-state index in [1.807, 2.05) is 32.9 Å². The van der Waals surface area contributed by atoms with Crippen molar-refractivity contribution in [3.05, 3.63) is 41.7 Å². The second kappa shape index (κ2) is 15.3. The molecular formula is C41H63FO9. The second-order valence-corrected chi connectivity index (χ2v) is 16.4. The van der Waals surface area contributed by atoms with Gasteiger partial charge in [-0.15, -0.1) is 0 Å². The Hall–Kier alpha value is -1.47. The summed E-state index contributed by atoms with van der Waals surface area (Å²) in [5.74, 6) is 1.04. The molecule has 0 aromatic heterocycles. The van der Waals surface area contributed by atoms with E-state index in [1.165, 1.54) is 12.7 Å². The molecule has 1 saturated heterocycles. The Labute approximate surface area is 304 Å². The van der Waals surface area contributed by atoms with Crippen LogP contribution in [-0.2, 0) is 33.2 Å². The maximum absolute atomic E-state index is 14.0. The Morgan fingerprint density at radius 3 is 2.22 bits per heavy atom. The van der Waals surface area contributed by atoms with Crippen LogP contribution in [0.5, 0.6) is 0 Å². The molecule has 1 aromatic rings. The van der Waals surface area contributed by atoms with Gasteiger partial charge in [-0.25, -0.2) is 4.39 Å². The topological polar surface area (TPSA) is 105 Å². The number of methoxy groups -OCH3 is 1. The quantitative estimate of drug-likeness (QED) is 0.124. The van der Waals surface area contributed by atoms with Crippen molar-refractivity contribution in [1.82, 2.24) is 0 Å². The zero-order valence-corrected chi connectivity index (χ0v) is 32.0. The number of ether oxygens (including phenoxy) is 7. The first kappa shape index (κ1) is 39.2. The van der Waals surface area contributed by atoms with Crippen LogP contribution in [0.1, 0.15) is 98.5 Å². The van der Waals surface area contributed by atoms with Crippen LogP contribution in [0.4, 0.5) is 4.39 Å². The molecule has 288 valence electrons. The molecule has 1 heterocycles. The molecule has 10 heteroatoms. The molecule has 12 atom stereocenters. The molecule has 9 nitrogen and oxygen atoms in total. The molecule has 0 radical (unpaired) electrons. The van der Waals surface area contributed by atoms with Crippen LogP contribution in [0.25, 0.3) is 5.57 Å². The number of rotatable bonds is 14. The highest BCUT2D eigenvalue weighted by atomic mass is 19.1. The van der Waals surface area contributed by atoms with Crippen LogP contribution in [-0.4, -0.2) is 98.6 Å². The molecule has 1 aliphatic heterocycles.